The van der Waals surface area contributed by atoms with Gasteiger partial charge in [0.15, 0.2) is 0 Å². The van der Waals surface area contributed by atoms with Crippen molar-refractivity contribution in [1.29, 1.82) is 0 Å². The van der Waals surface area contributed by atoms with Crippen molar-refractivity contribution in [2.24, 2.45) is 0 Å². The van der Waals surface area contributed by atoms with Crippen LogP contribution in [-0.2, 0) is 6.42 Å². The molecule has 1 heterocycles. The maximum absolute atomic E-state index is 12.3. The second-order valence-corrected chi connectivity index (χ2v) is 5.07. The van der Waals surface area contributed by atoms with E-state index in [1.807, 2.05) is 43.0 Å². The standard InChI is InChI=1S/C18H23N3O/c1-3-21(4-2)18(22)16-11-13-20-17(14-16)19-12-10-15-8-6-5-7-9-15/h5-9,11,13-14H,3-4,10,12H2,1-2H3,(H,19,20). The van der Waals surface area contributed by atoms with Crippen molar-refractivity contribution in [2.75, 3.05) is 25.0 Å². The largest absolute Gasteiger partial charge is 0.370 e. The molecule has 4 nitrogen and oxygen atoms in total. The number of hydrogen-bond donors (Lipinski definition) is 1. The number of anilines is 1. The fraction of sp³-hybridized carbons (Fsp3) is 0.333. The van der Waals surface area contributed by atoms with Crippen LogP contribution >= 0.6 is 0 Å². The van der Waals surface area contributed by atoms with Crippen LogP contribution in [0.3, 0.4) is 0 Å². The van der Waals surface area contributed by atoms with Gasteiger partial charge in [-0.15, -0.1) is 0 Å². The van der Waals surface area contributed by atoms with Crippen LogP contribution < -0.4 is 5.32 Å². The molecule has 22 heavy (non-hydrogen) atoms. The Morgan fingerprint density at radius 2 is 1.86 bits per heavy atom. The number of nitrogens with one attached hydrogen (secondary N) is 1. The van der Waals surface area contributed by atoms with Gasteiger partial charge in [-0.25, -0.2) is 4.98 Å². The van der Waals surface area contributed by atoms with Gasteiger partial charge in [0.25, 0.3) is 5.91 Å². The Kier molecular flexibility index (Phi) is 5.95. The van der Waals surface area contributed by atoms with E-state index in [0.29, 0.717) is 18.7 Å². The Hall–Kier alpha value is -2.36. The minimum absolute atomic E-state index is 0.0542. The molecule has 0 unspecified atom stereocenters. The Balaban J connectivity index is 1.95. The summed E-state index contributed by atoms with van der Waals surface area (Å²) in [5, 5.41) is 3.28. The van der Waals surface area contributed by atoms with Crippen LogP contribution in [0.1, 0.15) is 29.8 Å². The Bertz CT molecular complexity index is 594. The monoisotopic (exact) mass is 297 g/mol. The van der Waals surface area contributed by atoms with Crippen molar-refractivity contribution < 1.29 is 4.79 Å². The predicted molar refractivity (Wildman–Crippen MR) is 90.1 cm³/mol. The van der Waals surface area contributed by atoms with E-state index in [1.165, 1.54) is 5.56 Å². The Labute approximate surface area is 132 Å². The second-order valence-electron chi connectivity index (χ2n) is 5.07. The van der Waals surface area contributed by atoms with Crippen LogP contribution in [0.15, 0.2) is 48.7 Å². The molecule has 0 bridgehead atoms. The number of pyridine rings is 1. The van der Waals surface area contributed by atoms with Crippen molar-refractivity contribution in [3.8, 4) is 0 Å². The summed E-state index contributed by atoms with van der Waals surface area (Å²) in [6.07, 6.45) is 2.61. The summed E-state index contributed by atoms with van der Waals surface area (Å²) in [6.45, 7) is 6.20. The number of benzene rings is 1. The van der Waals surface area contributed by atoms with Gasteiger partial charge in [0, 0.05) is 31.4 Å². The maximum Gasteiger partial charge on any atom is 0.254 e. The third-order valence-electron chi connectivity index (χ3n) is 3.62. The van der Waals surface area contributed by atoms with Gasteiger partial charge < -0.3 is 10.2 Å². The minimum Gasteiger partial charge on any atom is -0.370 e. The molecule has 2 aromatic rings. The SMILES string of the molecule is CCN(CC)C(=O)c1ccnc(NCCc2ccccc2)c1. The number of nitrogens with zero attached hydrogens (tertiary/aromatic N) is 2. The lowest BCUT2D eigenvalue weighted by atomic mass is 10.1. The fourth-order valence-corrected chi connectivity index (χ4v) is 2.33. The van der Waals surface area contributed by atoms with E-state index < -0.39 is 0 Å². The van der Waals surface area contributed by atoms with E-state index in [0.717, 1.165) is 18.8 Å². The minimum atomic E-state index is 0.0542. The van der Waals surface area contributed by atoms with E-state index in [4.69, 9.17) is 0 Å². The average molecular weight is 297 g/mol. The molecular formula is C18H23N3O. The number of hydrogen-bond acceptors (Lipinski definition) is 3. The van der Waals surface area contributed by atoms with Gasteiger partial charge >= 0.3 is 0 Å². The number of aromatic nitrogens is 1. The van der Waals surface area contributed by atoms with Crippen LogP contribution in [0.4, 0.5) is 5.82 Å². The lowest BCUT2D eigenvalue weighted by Gasteiger charge is -2.18. The fourth-order valence-electron chi connectivity index (χ4n) is 2.33. The molecule has 2 rings (SSSR count). The van der Waals surface area contributed by atoms with E-state index in [1.54, 1.807) is 12.3 Å². The van der Waals surface area contributed by atoms with Crippen LogP contribution in [0, 0.1) is 0 Å². The molecular weight excluding hydrogens is 274 g/mol. The summed E-state index contributed by atoms with van der Waals surface area (Å²) in [7, 11) is 0. The lowest BCUT2D eigenvalue weighted by Crippen LogP contribution is -2.30. The molecule has 0 aliphatic rings. The first-order valence-corrected chi connectivity index (χ1v) is 7.77. The highest BCUT2D eigenvalue weighted by atomic mass is 16.2. The molecule has 1 aromatic heterocycles. The van der Waals surface area contributed by atoms with Gasteiger partial charge in [0.1, 0.15) is 5.82 Å². The zero-order valence-electron chi connectivity index (χ0n) is 13.2. The highest BCUT2D eigenvalue weighted by molar-refractivity contribution is 5.94. The first kappa shape index (κ1) is 16.0. The van der Waals surface area contributed by atoms with Crippen molar-refractivity contribution in [1.82, 2.24) is 9.88 Å². The molecule has 0 spiro atoms. The zero-order chi connectivity index (χ0) is 15.8. The summed E-state index contributed by atoms with van der Waals surface area (Å²) in [5.74, 6) is 0.799. The van der Waals surface area contributed by atoms with E-state index in [2.05, 4.69) is 22.4 Å². The number of carbonyl (C=O) groups excluding carboxylic acids is 1. The molecule has 116 valence electrons. The number of carbonyl (C=O) groups is 1. The summed E-state index contributed by atoms with van der Waals surface area (Å²) >= 11 is 0. The molecule has 0 radical (unpaired) electrons. The van der Waals surface area contributed by atoms with Crippen LogP contribution in [0.5, 0.6) is 0 Å². The van der Waals surface area contributed by atoms with Crippen molar-refractivity contribution in [3.63, 3.8) is 0 Å². The molecule has 0 fully saturated rings. The molecule has 1 N–H and O–H groups in total. The smallest absolute Gasteiger partial charge is 0.254 e. The normalized spacial score (nSPS) is 10.3. The van der Waals surface area contributed by atoms with Crippen LogP contribution in [-0.4, -0.2) is 35.4 Å². The van der Waals surface area contributed by atoms with E-state index >= 15 is 0 Å². The summed E-state index contributed by atoms with van der Waals surface area (Å²) in [6, 6.07) is 13.9. The quantitative estimate of drug-likeness (QED) is 0.853. The van der Waals surface area contributed by atoms with Gasteiger partial charge in [-0.05, 0) is 38.0 Å². The number of amides is 1. The van der Waals surface area contributed by atoms with E-state index in [9.17, 15) is 4.79 Å². The molecule has 1 amide bonds. The molecule has 0 aliphatic carbocycles. The summed E-state index contributed by atoms with van der Waals surface area (Å²) in [5.41, 5.74) is 1.96. The first-order valence-electron chi connectivity index (χ1n) is 7.77. The molecule has 0 saturated heterocycles. The summed E-state index contributed by atoms with van der Waals surface area (Å²) in [4.78, 5) is 18.4. The third-order valence-corrected chi connectivity index (χ3v) is 3.62. The van der Waals surface area contributed by atoms with Crippen LogP contribution in [0.25, 0.3) is 0 Å². The van der Waals surface area contributed by atoms with Gasteiger partial charge in [-0.2, -0.15) is 0 Å². The van der Waals surface area contributed by atoms with E-state index in [-0.39, 0.29) is 5.91 Å². The molecule has 4 heteroatoms. The topological polar surface area (TPSA) is 45.2 Å². The first-order chi connectivity index (χ1) is 10.7. The van der Waals surface area contributed by atoms with Crippen LogP contribution in [0.2, 0.25) is 0 Å². The number of rotatable bonds is 7. The predicted octanol–water partition coefficient (Wildman–Crippen LogP) is 3.22. The third kappa shape index (κ3) is 4.32. The van der Waals surface area contributed by atoms with Gasteiger partial charge in [0.05, 0.1) is 0 Å². The molecule has 0 saturated carbocycles. The highest BCUT2D eigenvalue weighted by Gasteiger charge is 2.12. The second kappa shape index (κ2) is 8.17. The Morgan fingerprint density at radius 1 is 1.14 bits per heavy atom. The van der Waals surface area contributed by atoms with Gasteiger partial charge in [-0.3, -0.25) is 4.79 Å². The van der Waals surface area contributed by atoms with Crippen molar-refractivity contribution >= 4 is 11.7 Å². The van der Waals surface area contributed by atoms with Gasteiger partial charge in [0.2, 0.25) is 0 Å². The van der Waals surface area contributed by atoms with Gasteiger partial charge in [-0.1, -0.05) is 30.3 Å². The lowest BCUT2D eigenvalue weighted by molar-refractivity contribution is 0.0773. The zero-order valence-corrected chi connectivity index (χ0v) is 13.2. The molecule has 0 atom stereocenters. The maximum atomic E-state index is 12.3. The molecule has 1 aromatic carbocycles. The molecule has 0 aliphatic heterocycles. The van der Waals surface area contributed by atoms with Crippen molar-refractivity contribution in [2.45, 2.75) is 20.3 Å². The average Bonchev–Trinajstić information content (AvgIpc) is 2.57. The Morgan fingerprint density at radius 3 is 2.55 bits per heavy atom. The van der Waals surface area contributed by atoms with Crippen molar-refractivity contribution in [3.05, 3.63) is 59.8 Å². The summed E-state index contributed by atoms with van der Waals surface area (Å²) < 4.78 is 0. The highest BCUT2D eigenvalue weighted by Crippen LogP contribution is 2.10.